The number of aromatic nitrogens is 1. The molecule has 1 aromatic heterocycles. The van der Waals surface area contributed by atoms with E-state index in [-0.39, 0.29) is 18.4 Å². The van der Waals surface area contributed by atoms with Crippen LogP contribution >= 0.6 is 11.3 Å². The number of hydrogen-bond donors (Lipinski definition) is 0. The van der Waals surface area contributed by atoms with Gasteiger partial charge in [0.25, 0.3) is 5.69 Å². The van der Waals surface area contributed by atoms with Gasteiger partial charge >= 0.3 is 0 Å². The molecule has 0 unspecified atom stereocenters. The zero-order valence-electron chi connectivity index (χ0n) is 15.9. The fourth-order valence-corrected chi connectivity index (χ4v) is 4.68. The SMILES string of the molecule is O=C(Cc1ccc2c(c1)OCO2)N1CCN(c2nc3ccc([N+](=O)[O-])cc3s2)CC1. The number of nitro benzene ring substituents is 1. The molecule has 0 saturated carbocycles. The van der Waals surface area contributed by atoms with Gasteiger partial charge in [-0.05, 0) is 23.8 Å². The third-order valence-corrected chi connectivity index (χ3v) is 6.35. The Morgan fingerprint density at radius 3 is 2.70 bits per heavy atom. The molecule has 0 spiro atoms. The summed E-state index contributed by atoms with van der Waals surface area (Å²) in [4.78, 5) is 31.9. The zero-order valence-corrected chi connectivity index (χ0v) is 16.8. The van der Waals surface area contributed by atoms with Crippen LogP contribution in [0.4, 0.5) is 10.8 Å². The maximum Gasteiger partial charge on any atom is 0.270 e. The van der Waals surface area contributed by atoms with Crippen LogP contribution in [-0.2, 0) is 11.2 Å². The number of fused-ring (bicyclic) bond motifs is 2. The van der Waals surface area contributed by atoms with E-state index in [1.165, 1.54) is 17.4 Å². The minimum atomic E-state index is -0.399. The summed E-state index contributed by atoms with van der Waals surface area (Å²) in [5, 5.41) is 11.8. The van der Waals surface area contributed by atoms with Crippen molar-refractivity contribution >= 4 is 38.3 Å². The number of ether oxygens (including phenoxy) is 2. The number of nitrogens with zero attached hydrogens (tertiary/aromatic N) is 4. The van der Waals surface area contributed by atoms with E-state index >= 15 is 0 Å². The van der Waals surface area contributed by atoms with Gasteiger partial charge in [0, 0.05) is 38.3 Å². The average molecular weight is 426 g/mol. The lowest BCUT2D eigenvalue weighted by Crippen LogP contribution is -2.49. The van der Waals surface area contributed by atoms with Crippen LogP contribution in [0.2, 0.25) is 0 Å². The van der Waals surface area contributed by atoms with Crippen molar-refractivity contribution in [2.24, 2.45) is 0 Å². The van der Waals surface area contributed by atoms with E-state index in [4.69, 9.17) is 9.47 Å². The smallest absolute Gasteiger partial charge is 0.270 e. The highest BCUT2D eigenvalue weighted by atomic mass is 32.1. The molecule has 3 heterocycles. The number of carbonyl (C=O) groups excluding carboxylic acids is 1. The Labute approximate surface area is 175 Å². The highest BCUT2D eigenvalue weighted by Crippen LogP contribution is 2.33. The Hall–Kier alpha value is -3.40. The predicted molar refractivity (Wildman–Crippen MR) is 111 cm³/mol. The largest absolute Gasteiger partial charge is 0.454 e. The highest BCUT2D eigenvalue weighted by Gasteiger charge is 2.24. The molecule has 0 N–H and O–H groups in total. The molecule has 5 rings (SSSR count). The van der Waals surface area contributed by atoms with Crippen molar-refractivity contribution in [1.29, 1.82) is 0 Å². The summed E-state index contributed by atoms with van der Waals surface area (Å²) >= 11 is 1.44. The topological polar surface area (TPSA) is 98.0 Å². The molecule has 1 fully saturated rings. The normalized spacial score (nSPS) is 15.6. The molecule has 1 amide bonds. The molecule has 2 aliphatic heterocycles. The second-order valence-corrected chi connectivity index (χ2v) is 8.15. The standard InChI is InChI=1S/C20H18N4O5S/c25-19(10-13-1-4-16-17(9-13)29-12-28-16)22-5-7-23(8-6-22)20-21-15-3-2-14(24(26)27)11-18(15)30-20/h1-4,9,11H,5-8,10,12H2. The summed E-state index contributed by atoms with van der Waals surface area (Å²) in [5.74, 6) is 1.47. The number of amides is 1. The third-order valence-electron chi connectivity index (χ3n) is 5.27. The number of carbonyl (C=O) groups is 1. The van der Waals surface area contributed by atoms with Crippen LogP contribution in [0.25, 0.3) is 10.2 Å². The second kappa shape index (κ2) is 7.45. The number of benzene rings is 2. The van der Waals surface area contributed by atoms with E-state index in [1.54, 1.807) is 12.1 Å². The van der Waals surface area contributed by atoms with Crippen LogP contribution in [-0.4, -0.2) is 53.7 Å². The lowest BCUT2D eigenvalue weighted by Gasteiger charge is -2.34. The first-order valence-electron chi connectivity index (χ1n) is 9.53. The van der Waals surface area contributed by atoms with Gasteiger partial charge in [0.1, 0.15) is 0 Å². The maximum atomic E-state index is 12.7. The van der Waals surface area contributed by atoms with Gasteiger partial charge in [-0.3, -0.25) is 14.9 Å². The molecular formula is C20H18N4O5S. The quantitative estimate of drug-likeness (QED) is 0.467. The summed E-state index contributed by atoms with van der Waals surface area (Å²) in [6, 6.07) is 10.3. The fourth-order valence-electron chi connectivity index (χ4n) is 3.63. The van der Waals surface area contributed by atoms with Crippen LogP contribution in [0.5, 0.6) is 11.5 Å². The van der Waals surface area contributed by atoms with Crippen LogP contribution in [0.1, 0.15) is 5.56 Å². The summed E-state index contributed by atoms with van der Waals surface area (Å²) in [7, 11) is 0. The molecule has 9 nitrogen and oxygen atoms in total. The van der Waals surface area contributed by atoms with Crippen LogP contribution in [0.3, 0.4) is 0 Å². The van der Waals surface area contributed by atoms with Gasteiger partial charge in [-0.1, -0.05) is 17.4 Å². The van der Waals surface area contributed by atoms with Gasteiger partial charge in [0.05, 0.1) is 21.6 Å². The molecule has 2 aliphatic rings. The molecule has 2 aromatic carbocycles. The first-order chi connectivity index (χ1) is 14.6. The van der Waals surface area contributed by atoms with Crippen molar-refractivity contribution in [2.75, 3.05) is 37.9 Å². The van der Waals surface area contributed by atoms with Crippen molar-refractivity contribution in [3.05, 3.63) is 52.1 Å². The van der Waals surface area contributed by atoms with Gasteiger partial charge < -0.3 is 19.3 Å². The monoisotopic (exact) mass is 426 g/mol. The van der Waals surface area contributed by atoms with Crippen LogP contribution in [0.15, 0.2) is 36.4 Å². The lowest BCUT2D eigenvalue weighted by atomic mass is 10.1. The number of thiazole rings is 1. The number of anilines is 1. The summed E-state index contributed by atoms with van der Waals surface area (Å²) in [5.41, 5.74) is 1.72. The first-order valence-corrected chi connectivity index (χ1v) is 10.3. The van der Waals surface area contributed by atoms with E-state index in [0.717, 1.165) is 20.9 Å². The van der Waals surface area contributed by atoms with Crippen molar-refractivity contribution in [2.45, 2.75) is 6.42 Å². The van der Waals surface area contributed by atoms with E-state index < -0.39 is 4.92 Å². The summed E-state index contributed by atoms with van der Waals surface area (Å²) in [6.45, 7) is 2.79. The van der Waals surface area contributed by atoms with Gasteiger partial charge in [0.15, 0.2) is 16.6 Å². The number of hydrogen-bond acceptors (Lipinski definition) is 8. The summed E-state index contributed by atoms with van der Waals surface area (Å²) < 4.78 is 11.5. The zero-order chi connectivity index (χ0) is 20.7. The minimum absolute atomic E-state index is 0.0663. The molecule has 0 radical (unpaired) electrons. The molecule has 30 heavy (non-hydrogen) atoms. The Balaban J connectivity index is 1.22. The van der Waals surface area contributed by atoms with Crippen LogP contribution in [0, 0.1) is 10.1 Å². The van der Waals surface area contributed by atoms with Crippen molar-refractivity contribution < 1.29 is 19.2 Å². The Morgan fingerprint density at radius 2 is 1.90 bits per heavy atom. The lowest BCUT2D eigenvalue weighted by molar-refractivity contribution is -0.384. The summed E-state index contributed by atoms with van der Waals surface area (Å²) in [6.07, 6.45) is 0.321. The molecule has 0 aliphatic carbocycles. The predicted octanol–water partition coefficient (Wildman–Crippen LogP) is 2.82. The highest BCUT2D eigenvalue weighted by molar-refractivity contribution is 7.22. The second-order valence-electron chi connectivity index (χ2n) is 7.14. The van der Waals surface area contributed by atoms with Gasteiger partial charge in [0.2, 0.25) is 12.7 Å². The number of nitro groups is 1. The Kier molecular flexibility index (Phi) is 4.62. The molecule has 0 atom stereocenters. The van der Waals surface area contributed by atoms with Gasteiger partial charge in [-0.15, -0.1) is 0 Å². The Bertz CT molecular complexity index is 1140. The first kappa shape index (κ1) is 18.6. The average Bonchev–Trinajstić information content (AvgIpc) is 3.39. The van der Waals surface area contributed by atoms with Gasteiger partial charge in [-0.25, -0.2) is 4.98 Å². The molecule has 3 aromatic rings. The molecule has 154 valence electrons. The van der Waals surface area contributed by atoms with E-state index in [0.29, 0.717) is 44.1 Å². The number of rotatable bonds is 4. The number of non-ortho nitro benzene ring substituents is 1. The number of piperazine rings is 1. The molecule has 0 bridgehead atoms. The van der Waals surface area contributed by atoms with Gasteiger partial charge in [-0.2, -0.15) is 0 Å². The van der Waals surface area contributed by atoms with Crippen molar-refractivity contribution in [3.8, 4) is 11.5 Å². The van der Waals surface area contributed by atoms with Crippen molar-refractivity contribution in [3.63, 3.8) is 0 Å². The molecular weight excluding hydrogens is 408 g/mol. The fraction of sp³-hybridized carbons (Fsp3) is 0.300. The van der Waals surface area contributed by atoms with E-state index in [1.807, 2.05) is 23.1 Å². The third kappa shape index (κ3) is 3.50. The maximum absolute atomic E-state index is 12.7. The minimum Gasteiger partial charge on any atom is -0.454 e. The molecule has 10 heteroatoms. The van der Waals surface area contributed by atoms with Crippen molar-refractivity contribution in [1.82, 2.24) is 9.88 Å². The molecule has 1 saturated heterocycles. The van der Waals surface area contributed by atoms with E-state index in [9.17, 15) is 14.9 Å². The Morgan fingerprint density at radius 1 is 1.10 bits per heavy atom. The van der Waals surface area contributed by atoms with Crippen LogP contribution < -0.4 is 14.4 Å². The van der Waals surface area contributed by atoms with E-state index in [2.05, 4.69) is 9.88 Å².